The van der Waals surface area contributed by atoms with E-state index in [9.17, 15) is 0 Å². The fourth-order valence-corrected chi connectivity index (χ4v) is 0. The maximum Gasteiger partial charge on any atom is 0 e. The summed E-state index contributed by atoms with van der Waals surface area (Å²) in [5, 5.41) is 0. The summed E-state index contributed by atoms with van der Waals surface area (Å²) < 4.78 is 0. The first-order valence-corrected chi connectivity index (χ1v) is 10.8. The van der Waals surface area contributed by atoms with Gasteiger partial charge in [0.2, 0.25) is 0 Å². The normalized spacial score (nSPS) is 4.50. The van der Waals surface area contributed by atoms with Gasteiger partial charge in [0.05, 0.1) is 0 Å². The zero-order valence-corrected chi connectivity index (χ0v) is 10.9. The van der Waals surface area contributed by atoms with Gasteiger partial charge >= 0.3 is 49.1 Å². The zero-order chi connectivity index (χ0) is 2.71. The third-order valence-corrected chi connectivity index (χ3v) is 0. The number of hydrogen-bond donors (Lipinski definition) is 0. The number of hydrogen-bond acceptors (Lipinski definition) is 0. The van der Waals surface area contributed by atoms with Gasteiger partial charge < -0.3 is 0 Å². The topological polar surface area (TPSA) is 0 Å². The van der Waals surface area contributed by atoms with Crippen LogP contribution in [-0.4, -0.2) is 8.46 Å². The van der Waals surface area contributed by atoms with E-state index >= 15 is 0 Å². The van der Waals surface area contributed by atoms with Crippen molar-refractivity contribution in [3.05, 3.63) is 0 Å². The van der Waals surface area contributed by atoms with Gasteiger partial charge in [-0.05, 0) is 0 Å². The van der Waals surface area contributed by atoms with E-state index in [1.54, 1.807) is 0 Å². The van der Waals surface area contributed by atoms with Crippen LogP contribution in [0, 0.1) is 0 Å². The van der Waals surface area contributed by atoms with Crippen LogP contribution in [0.4, 0.5) is 0 Å². The van der Waals surface area contributed by atoms with Crippen LogP contribution in [0.15, 0.2) is 0 Å². The molecule has 0 aliphatic heterocycles. The summed E-state index contributed by atoms with van der Waals surface area (Å²) in [6.45, 7) is 0. The molecule has 0 rings (SSSR count). The SMILES string of the molecule is I[Se]I.[Ta]. The second kappa shape index (κ2) is 9.21. The van der Waals surface area contributed by atoms with Gasteiger partial charge in [-0.1, -0.05) is 0 Å². The third-order valence-electron chi connectivity index (χ3n) is 0. The summed E-state index contributed by atoms with van der Waals surface area (Å²) in [5.74, 6) is 0. The second-order valence-corrected chi connectivity index (χ2v) is 13.6. The Balaban J connectivity index is 0. The standard InChI is InChI=1S/I2Se.Ta/c1-3-2;. The molecule has 0 bridgehead atoms. The minimum absolute atomic E-state index is 0. The molecule has 4 heteroatoms. The Bertz CT molecular complexity index is 6.00. The van der Waals surface area contributed by atoms with Gasteiger partial charge in [-0.25, -0.2) is 0 Å². The Morgan fingerprint density at radius 2 is 1.25 bits per heavy atom. The molecule has 0 spiro atoms. The van der Waals surface area contributed by atoms with Crippen molar-refractivity contribution in [1.82, 2.24) is 0 Å². The average molecular weight is 514 g/mol. The van der Waals surface area contributed by atoms with Crippen LogP contribution >= 0.6 is 40.7 Å². The smallest absolute Gasteiger partial charge is 0 e. The predicted molar refractivity (Wildman–Crippen MR) is 33.8 cm³/mol. The minimum Gasteiger partial charge on any atom is 0 e. The van der Waals surface area contributed by atoms with E-state index in [1.165, 1.54) is 0 Å². The largest absolute Gasteiger partial charge is 0 e. The van der Waals surface area contributed by atoms with Crippen LogP contribution in [0.25, 0.3) is 0 Å². The Morgan fingerprint density at radius 1 is 1.25 bits per heavy atom. The van der Waals surface area contributed by atoms with Crippen LogP contribution in [0.5, 0.6) is 0 Å². The minimum atomic E-state index is 0. The van der Waals surface area contributed by atoms with Gasteiger partial charge in [-0.15, -0.1) is 0 Å². The van der Waals surface area contributed by atoms with Crippen LogP contribution < -0.4 is 0 Å². The molecule has 0 aromatic rings. The maximum absolute atomic E-state index is 2.34. The summed E-state index contributed by atoms with van der Waals surface area (Å²) in [6, 6.07) is 0. The summed E-state index contributed by atoms with van der Waals surface area (Å²) in [6.07, 6.45) is 0. The van der Waals surface area contributed by atoms with Crippen molar-refractivity contribution >= 4 is 49.1 Å². The molecule has 0 aliphatic rings. The summed E-state index contributed by atoms with van der Waals surface area (Å²) >= 11 is 4.68. The molecule has 0 aliphatic carbocycles. The fourth-order valence-electron chi connectivity index (χ4n) is 0. The quantitative estimate of drug-likeness (QED) is 0.339. The van der Waals surface area contributed by atoms with Gasteiger partial charge in [-0.2, -0.15) is 0 Å². The van der Waals surface area contributed by atoms with Gasteiger partial charge in [0, 0.05) is 22.4 Å². The Morgan fingerprint density at radius 3 is 1.25 bits per heavy atom. The number of rotatable bonds is 0. The summed E-state index contributed by atoms with van der Waals surface area (Å²) in [4.78, 5) is 0. The van der Waals surface area contributed by atoms with Crippen molar-refractivity contribution in [2.75, 3.05) is 0 Å². The van der Waals surface area contributed by atoms with E-state index in [4.69, 9.17) is 0 Å². The van der Waals surface area contributed by atoms with Crippen molar-refractivity contribution in [3.8, 4) is 0 Å². The predicted octanol–water partition coefficient (Wildman–Crippen LogP) is 1.39. The molecule has 25 valence electrons. The Hall–Kier alpha value is 2.72. The molecular formula is I2SeTa. The maximum atomic E-state index is 2.34. The Labute approximate surface area is 70.0 Å². The summed E-state index contributed by atoms with van der Waals surface area (Å²) in [7, 11) is 0.815. The molecule has 1 radical (unpaired) electrons. The van der Waals surface area contributed by atoms with Crippen molar-refractivity contribution in [3.63, 3.8) is 0 Å². The molecule has 0 saturated heterocycles. The fraction of sp³-hybridized carbons (Fsp3) is 0. The van der Waals surface area contributed by atoms with Crippen LogP contribution in [-0.2, 0) is 22.4 Å². The van der Waals surface area contributed by atoms with E-state index in [0.29, 0.717) is 0 Å². The van der Waals surface area contributed by atoms with Crippen LogP contribution in [0.2, 0.25) is 0 Å². The van der Waals surface area contributed by atoms with Crippen LogP contribution in [0.1, 0.15) is 0 Å². The molecular weight excluding hydrogens is 514 g/mol. The van der Waals surface area contributed by atoms with Crippen molar-refractivity contribution < 1.29 is 22.4 Å². The van der Waals surface area contributed by atoms with E-state index < -0.39 is 0 Å². The molecule has 0 atom stereocenters. The van der Waals surface area contributed by atoms with E-state index in [0.717, 1.165) is 8.46 Å². The molecule has 0 saturated carbocycles. The average Bonchev–Trinajstić information content (AvgIpc) is 0.918. The molecule has 0 aromatic heterocycles. The Kier molecular flexibility index (Phi) is 22.7. The van der Waals surface area contributed by atoms with Gasteiger partial charge in [0.15, 0.2) is 0 Å². The van der Waals surface area contributed by atoms with E-state index in [-0.39, 0.29) is 22.4 Å². The molecule has 0 aromatic carbocycles. The monoisotopic (exact) mass is 515 g/mol. The molecule has 0 N–H and O–H groups in total. The van der Waals surface area contributed by atoms with Gasteiger partial charge in [0.1, 0.15) is 0 Å². The third kappa shape index (κ3) is 8.83. The summed E-state index contributed by atoms with van der Waals surface area (Å²) in [5.41, 5.74) is 0. The zero-order valence-electron chi connectivity index (χ0n) is 1.61. The molecule has 4 heavy (non-hydrogen) atoms. The first-order valence-electron chi connectivity index (χ1n) is 0.309. The number of halogens is 2. The van der Waals surface area contributed by atoms with E-state index in [2.05, 4.69) is 40.7 Å². The first-order chi connectivity index (χ1) is 1.41. The van der Waals surface area contributed by atoms with Crippen molar-refractivity contribution in [1.29, 1.82) is 0 Å². The molecule has 0 unspecified atom stereocenters. The van der Waals surface area contributed by atoms with E-state index in [1.807, 2.05) is 0 Å². The van der Waals surface area contributed by atoms with Crippen molar-refractivity contribution in [2.24, 2.45) is 0 Å². The van der Waals surface area contributed by atoms with Crippen LogP contribution in [0.3, 0.4) is 0 Å². The second-order valence-electron chi connectivity index (χ2n) is 0.0583. The molecule has 0 amide bonds. The van der Waals surface area contributed by atoms with Gasteiger partial charge in [0.25, 0.3) is 0 Å². The van der Waals surface area contributed by atoms with Crippen molar-refractivity contribution in [2.45, 2.75) is 0 Å². The first kappa shape index (κ1) is 9.87. The van der Waals surface area contributed by atoms with Gasteiger partial charge in [-0.3, -0.25) is 0 Å². The molecule has 0 fully saturated rings. The molecule has 0 heterocycles. The molecule has 0 nitrogen and oxygen atoms in total.